The number of nitrogens with one attached hydrogen (secondary N) is 1. The third kappa shape index (κ3) is 4.40. The van der Waals surface area contributed by atoms with Crippen molar-refractivity contribution in [1.29, 1.82) is 0 Å². The van der Waals surface area contributed by atoms with Gasteiger partial charge in [-0.05, 0) is 25.7 Å². The standard InChI is InChI=1S/C14H22N6/c1-3-19(11-13-6-4-5-7-16-13)8-9-20-12-14(10-15-2)17-18-20/h4-7,12,15H,3,8-11H2,1-2H3. The van der Waals surface area contributed by atoms with E-state index < -0.39 is 0 Å². The van der Waals surface area contributed by atoms with Crippen molar-refractivity contribution in [2.75, 3.05) is 20.1 Å². The zero-order valence-electron chi connectivity index (χ0n) is 12.2. The van der Waals surface area contributed by atoms with Gasteiger partial charge in [-0.25, -0.2) is 0 Å². The molecule has 0 aliphatic heterocycles. The van der Waals surface area contributed by atoms with Crippen molar-refractivity contribution in [2.24, 2.45) is 0 Å². The van der Waals surface area contributed by atoms with Crippen molar-refractivity contribution in [3.05, 3.63) is 42.0 Å². The largest absolute Gasteiger partial charge is 0.314 e. The zero-order valence-corrected chi connectivity index (χ0v) is 12.2. The Hall–Kier alpha value is -1.79. The quantitative estimate of drug-likeness (QED) is 0.775. The number of aromatic nitrogens is 4. The van der Waals surface area contributed by atoms with E-state index in [1.165, 1.54) is 0 Å². The van der Waals surface area contributed by atoms with Gasteiger partial charge in [0.2, 0.25) is 0 Å². The molecule has 0 saturated carbocycles. The lowest BCUT2D eigenvalue weighted by atomic mass is 10.3. The van der Waals surface area contributed by atoms with Gasteiger partial charge >= 0.3 is 0 Å². The topological polar surface area (TPSA) is 58.9 Å². The predicted octanol–water partition coefficient (Wildman–Crippen LogP) is 0.915. The maximum atomic E-state index is 4.37. The monoisotopic (exact) mass is 274 g/mol. The molecule has 2 rings (SSSR count). The Bertz CT molecular complexity index is 495. The van der Waals surface area contributed by atoms with Gasteiger partial charge in [0, 0.05) is 32.0 Å². The molecule has 1 N–H and O–H groups in total. The Morgan fingerprint density at radius 2 is 2.20 bits per heavy atom. The number of rotatable bonds is 8. The molecule has 0 spiro atoms. The summed E-state index contributed by atoms with van der Waals surface area (Å²) in [5.74, 6) is 0. The van der Waals surface area contributed by atoms with Gasteiger partial charge in [0.05, 0.1) is 17.9 Å². The molecule has 0 aliphatic rings. The Labute approximate surface area is 119 Å². The normalized spacial score (nSPS) is 11.2. The van der Waals surface area contributed by atoms with Crippen LogP contribution in [0.1, 0.15) is 18.3 Å². The Morgan fingerprint density at radius 3 is 2.90 bits per heavy atom. The Morgan fingerprint density at radius 1 is 1.30 bits per heavy atom. The zero-order chi connectivity index (χ0) is 14.2. The molecule has 20 heavy (non-hydrogen) atoms. The van der Waals surface area contributed by atoms with Crippen molar-refractivity contribution < 1.29 is 0 Å². The Kier molecular flexibility index (Phi) is 5.64. The van der Waals surface area contributed by atoms with Crippen molar-refractivity contribution in [3.63, 3.8) is 0 Å². The van der Waals surface area contributed by atoms with Gasteiger partial charge in [-0.2, -0.15) is 0 Å². The first kappa shape index (κ1) is 14.6. The average Bonchev–Trinajstić information content (AvgIpc) is 2.92. The third-order valence-corrected chi connectivity index (χ3v) is 3.15. The fraction of sp³-hybridized carbons (Fsp3) is 0.500. The molecule has 6 heteroatoms. The van der Waals surface area contributed by atoms with Gasteiger partial charge < -0.3 is 5.32 Å². The molecule has 6 nitrogen and oxygen atoms in total. The SMILES string of the molecule is CCN(CCn1cc(CNC)nn1)Cc1ccccn1. The van der Waals surface area contributed by atoms with Crippen molar-refractivity contribution in [3.8, 4) is 0 Å². The van der Waals surface area contributed by atoms with Crippen LogP contribution in [-0.4, -0.2) is 45.0 Å². The van der Waals surface area contributed by atoms with Gasteiger partial charge in [0.25, 0.3) is 0 Å². The average molecular weight is 274 g/mol. The maximum Gasteiger partial charge on any atom is 0.0964 e. The number of nitrogens with zero attached hydrogens (tertiary/aromatic N) is 5. The second-order valence-corrected chi connectivity index (χ2v) is 4.69. The van der Waals surface area contributed by atoms with Crippen molar-refractivity contribution in [1.82, 2.24) is 30.2 Å². The van der Waals surface area contributed by atoms with Crippen LogP contribution in [0.2, 0.25) is 0 Å². The van der Waals surface area contributed by atoms with E-state index in [9.17, 15) is 0 Å². The lowest BCUT2D eigenvalue weighted by Gasteiger charge is -2.19. The molecule has 0 atom stereocenters. The second kappa shape index (κ2) is 7.72. The smallest absolute Gasteiger partial charge is 0.0964 e. The molecule has 0 aliphatic carbocycles. The summed E-state index contributed by atoms with van der Waals surface area (Å²) in [6.07, 6.45) is 3.83. The van der Waals surface area contributed by atoms with Gasteiger partial charge in [-0.3, -0.25) is 14.6 Å². The van der Waals surface area contributed by atoms with Crippen LogP contribution in [0.5, 0.6) is 0 Å². The van der Waals surface area contributed by atoms with Crippen LogP contribution in [0.25, 0.3) is 0 Å². The predicted molar refractivity (Wildman–Crippen MR) is 78.0 cm³/mol. The highest BCUT2D eigenvalue weighted by Crippen LogP contribution is 2.01. The molecular formula is C14H22N6. The minimum absolute atomic E-state index is 0.755. The second-order valence-electron chi connectivity index (χ2n) is 4.69. The van der Waals surface area contributed by atoms with E-state index in [4.69, 9.17) is 0 Å². The highest BCUT2D eigenvalue weighted by molar-refractivity contribution is 5.03. The molecule has 2 aromatic heterocycles. The molecule has 0 aromatic carbocycles. The van der Waals surface area contributed by atoms with E-state index in [2.05, 4.69) is 38.5 Å². The van der Waals surface area contributed by atoms with Crippen LogP contribution in [-0.2, 0) is 19.6 Å². The molecule has 2 aromatic rings. The highest BCUT2D eigenvalue weighted by atomic mass is 15.4. The first-order valence-corrected chi connectivity index (χ1v) is 6.97. The summed E-state index contributed by atoms with van der Waals surface area (Å²) in [5.41, 5.74) is 2.07. The summed E-state index contributed by atoms with van der Waals surface area (Å²) < 4.78 is 1.90. The molecule has 0 fully saturated rings. The molecule has 108 valence electrons. The number of hydrogen-bond donors (Lipinski definition) is 1. The first-order chi connectivity index (χ1) is 9.81. The van der Waals surface area contributed by atoms with E-state index in [1.807, 2.05) is 36.3 Å². The lowest BCUT2D eigenvalue weighted by Crippen LogP contribution is -2.27. The van der Waals surface area contributed by atoms with Crippen LogP contribution in [0.3, 0.4) is 0 Å². The van der Waals surface area contributed by atoms with Crippen LogP contribution >= 0.6 is 0 Å². The molecule has 0 unspecified atom stereocenters. The molecule has 0 amide bonds. The fourth-order valence-electron chi connectivity index (χ4n) is 2.02. The van der Waals surface area contributed by atoms with Gasteiger partial charge in [-0.1, -0.05) is 18.2 Å². The molecular weight excluding hydrogens is 252 g/mol. The molecule has 0 radical (unpaired) electrons. The van der Waals surface area contributed by atoms with E-state index in [-0.39, 0.29) is 0 Å². The van der Waals surface area contributed by atoms with E-state index in [0.717, 1.165) is 44.1 Å². The molecule has 0 bridgehead atoms. The first-order valence-electron chi connectivity index (χ1n) is 6.97. The molecule has 2 heterocycles. The summed E-state index contributed by atoms with van der Waals surface area (Å²) in [6.45, 7) is 6.57. The van der Waals surface area contributed by atoms with E-state index in [1.54, 1.807) is 0 Å². The van der Waals surface area contributed by atoms with Gasteiger partial charge in [0.15, 0.2) is 0 Å². The van der Waals surface area contributed by atoms with Crippen molar-refractivity contribution >= 4 is 0 Å². The minimum Gasteiger partial charge on any atom is -0.314 e. The highest BCUT2D eigenvalue weighted by Gasteiger charge is 2.06. The third-order valence-electron chi connectivity index (χ3n) is 3.15. The van der Waals surface area contributed by atoms with Crippen LogP contribution < -0.4 is 5.32 Å². The molecule has 0 saturated heterocycles. The minimum atomic E-state index is 0.755. The van der Waals surface area contributed by atoms with E-state index in [0.29, 0.717) is 0 Å². The van der Waals surface area contributed by atoms with Crippen LogP contribution in [0, 0.1) is 0 Å². The van der Waals surface area contributed by atoms with Crippen LogP contribution in [0.4, 0.5) is 0 Å². The summed E-state index contributed by atoms with van der Waals surface area (Å²) in [6, 6.07) is 6.03. The lowest BCUT2D eigenvalue weighted by molar-refractivity contribution is 0.259. The maximum absolute atomic E-state index is 4.37. The van der Waals surface area contributed by atoms with Gasteiger partial charge in [0.1, 0.15) is 0 Å². The summed E-state index contributed by atoms with van der Waals surface area (Å²) in [5, 5.41) is 11.3. The van der Waals surface area contributed by atoms with Crippen LogP contribution in [0.15, 0.2) is 30.6 Å². The summed E-state index contributed by atoms with van der Waals surface area (Å²) in [4.78, 5) is 6.71. The number of likely N-dealkylation sites (N-methyl/N-ethyl adjacent to an activating group) is 1. The van der Waals surface area contributed by atoms with Crippen molar-refractivity contribution in [2.45, 2.75) is 26.6 Å². The summed E-state index contributed by atoms with van der Waals surface area (Å²) >= 11 is 0. The summed E-state index contributed by atoms with van der Waals surface area (Å²) in [7, 11) is 1.91. The van der Waals surface area contributed by atoms with Gasteiger partial charge in [-0.15, -0.1) is 5.10 Å². The number of hydrogen-bond acceptors (Lipinski definition) is 5. The Balaban J connectivity index is 1.83. The van der Waals surface area contributed by atoms with E-state index >= 15 is 0 Å². The fourth-order valence-corrected chi connectivity index (χ4v) is 2.02. The number of pyridine rings is 1.